The number of nitrogens with two attached hydrogens (primary N) is 1. The van der Waals surface area contributed by atoms with E-state index in [1.165, 1.54) is 11.1 Å². The van der Waals surface area contributed by atoms with Crippen molar-refractivity contribution in [3.05, 3.63) is 35.4 Å². The van der Waals surface area contributed by atoms with E-state index in [0.29, 0.717) is 19.4 Å². The molecule has 1 heterocycles. The molecule has 0 bridgehead atoms. The molecule has 1 aliphatic heterocycles. The highest BCUT2D eigenvalue weighted by molar-refractivity contribution is 5.94. The number of nitrogens with zero attached hydrogens (tertiary/aromatic N) is 1. The summed E-state index contributed by atoms with van der Waals surface area (Å²) < 4.78 is 0. The summed E-state index contributed by atoms with van der Waals surface area (Å²) in [5.74, 6) is -0.575. The monoisotopic (exact) mass is 218 g/mol. The zero-order chi connectivity index (χ0) is 11.5. The van der Waals surface area contributed by atoms with Crippen molar-refractivity contribution in [3.63, 3.8) is 0 Å². The number of amides is 1. The average molecular weight is 218 g/mol. The highest BCUT2D eigenvalue weighted by Gasteiger charge is 2.26. The molecule has 0 radical (unpaired) electrons. The van der Waals surface area contributed by atoms with Crippen LogP contribution in [0.2, 0.25) is 0 Å². The Kier molecular flexibility index (Phi) is 3.01. The lowest BCUT2D eigenvalue weighted by molar-refractivity contribution is -0.128. The Labute approximate surface area is 94.0 Å². The van der Waals surface area contributed by atoms with E-state index < -0.39 is 11.9 Å². The number of fused-ring (bicyclic) bond motifs is 1. The molecule has 1 aromatic rings. The van der Waals surface area contributed by atoms with Crippen LogP contribution in [0.4, 0.5) is 0 Å². The highest BCUT2D eigenvalue weighted by atomic mass is 16.2. The molecule has 1 aliphatic rings. The summed E-state index contributed by atoms with van der Waals surface area (Å²) in [4.78, 5) is 23.7. The van der Waals surface area contributed by atoms with Crippen LogP contribution >= 0.6 is 0 Å². The molecule has 0 fully saturated rings. The summed E-state index contributed by atoms with van der Waals surface area (Å²) in [5, 5.41) is 0. The molecule has 2 rings (SSSR count). The zero-order valence-electron chi connectivity index (χ0n) is 8.93. The molecule has 0 saturated heterocycles. The van der Waals surface area contributed by atoms with Crippen molar-refractivity contribution >= 4 is 12.2 Å². The van der Waals surface area contributed by atoms with Crippen molar-refractivity contribution in [2.24, 2.45) is 5.73 Å². The van der Waals surface area contributed by atoms with E-state index in [-0.39, 0.29) is 0 Å². The Balaban J connectivity index is 2.19. The van der Waals surface area contributed by atoms with Crippen LogP contribution < -0.4 is 5.73 Å². The Morgan fingerprint density at radius 2 is 2.06 bits per heavy atom. The first-order chi connectivity index (χ1) is 7.72. The topological polar surface area (TPSA) is 63.4 Å². The molecule has 1 unspecified atom stereocenters. The summed E-state index contributed by atoms with van der Waals surface area (Å²) in [6.45, 7) is 1.31. The first-order valence-corrected chi connectivity index (χ1v) is 5.28. The maximum atomic E-state index is 11.1. The van der Waals surface area contributed by atoms with Gasteiger partial charge < -0.3 is 10.5 Å². The highest BCUT2D eigenvalue weighted by Crippen LogP contribution is 2.19. The maximum absolute atomic E-state index is 11.1. The lowest BCUT2D eigenvalue weighted by Crippen LogP contribution is -2.47. The third-order valence-corrected chi connectivity index (χ3v) is 2.97. The van der Waals surface area contributed by atoms with Gasteiger partial charge in [0.2, 0.25) is 5.91 Å². The molecule has 4 nitrogen and oxygen atoms in total. The lowest BCUT2D eigenvalue weighted by atomic mass is 9.99. The predicted molar refractivity (Wildman–Crippen MR) is 59.6 cm³/mol. The van der Waals surface area contributed by atoms with Gasteiger partial charge in [0.05, 0.1) is 0 Å². The van der Waals surface area contributed by atoms with Crippen molar-refractivity contribution < 1.29 is 9.59 Å². The minimum atomic E-state index is -0.798. The molecule has 84 valence electrons. The Morgan fingerprint density at radius 1 is 1.38 bits per heavy atom. The van der Waals surface area contributed by atoms with Crippen molar-refractivity contribution in [3.8, 4) is 0 Å². The molecule has 0 aromatic heterocycles. The normalized spacial score (nSPS) is 17.5. The van der Waals surface area contributed by atoms with Gasteiger partial charge in [-0.15, -0.1) is 0 Å². The van der Waals surface area contributed by atoms with Gasteiger partial charge in [-0.1, -0.05) is 24.3 Å². The fraction of sp³-hybridized carbons (Fsp3) is 0.333. The quantitative estimate of drug-likeness (QED) is 0.578. The molecule has 0 spiro atoms. The molecule has 4 heteroatoms. The third-order valence-electron chi connectivity index (χ3n) is 2.97. The molecule has 2 N–H and O–H groups in total. The molecule has 1 aromatic carbocycles. The van der Waals surface area contributed by atoms with E-state index in [4.69, 9.17) is 5.73 Å². The van der Waals surface area contributed by atoms with Gasteiger partial charge in [-0.2, -0.15) is 0 Å². The number of carbonyl (C=O) groups excluding carboxylic acids is 2. The largest absolute Gasteiger partial charge is 0.368 e. The minimum absolute atomic E-state index is 0.575. The summed E-state index contributed by atoms with van der Waals surface area (Å²) >= 11 is 0. The van der Waals surface area contributed by atoms with Gasteiger partial charge in [0.1, 0.15) is 12.3 Å². The fourth-order valence-electron chi connectivity index (χ4n) is 2.09. The van der Waals surface area contributed by atoms with E-state index in [2.05, 4.69) is 6.07 Å². The van der Waals surface area contributed by atoms with Crippen molar-refractivity contribution in [2.45, 2.75) is 19.0 Å². The molecule has 1 atom stereocenters. The van der Waals surface area contributed by atoms with Crippen molar-refractivity contribution in [2.75, 3.05) is 6.54 Å². The molecular weight excluding hydrogens is 204 g/mol. The fourth-order valence-corrected chi connectivity index (χ4v) is 2.09. The van der Waals surface area contributed by atoms with Crippen LogP contribution in [0.25, 0.3) is 0 Å². The van der Waals surface area contributed by atoms with Gasteiger partial charge in [-0.05, 0) is 17.5 Å². The van der Waals surface area contributed by atoms with Crippen LogP contribution in [0.1, 0.15) is 11.1 Å². The van der Waals surface area contributed by atoms with Gasteiger partial charge in [0.25, 0.3) is 0 Å². The van der Waals surface area contributed by atoms with E-state index in [1.54, 1.807) is 0 Å². The van der Waals surface area contributed by atoms with E-state index >= 15 is 0 Å². The number of hydrogen-bond acceptors (Lipinski definition) is 3. The summed E-state index contributed by atoms with van der Waals surface area (Å²) in [7, 11) is 0. The summed E-state index contributed by atoms with van der Waals surface area (Å²) in [6.07, 6.45) is 1.48. The predicted octanol–water partition coefficient (Wildman–Crippen LogP) is 0.0975. The zero-order valence-corrected chi connectivity index (χ0v) is 8.93. The van der Waals surface area contributed by atoms with E-state index in [0.717, 1.165) is 6.42 Å². The Bertz CT molecular complexity index is 417. The number of rotatable bonds is 3. The first-order valence-electron chi connectivity index (χ1n) is 5.28. The van der Waals surface area contributed by atoms with Gasteiger partial charge in [0.15, 0.2) is 0 Å². The first kappa shape index (κ1) is 10.8. The smallest absolute Gasteiger partial charge is 0.242 e. The Morgan fingerprint density at radius 3 is 2.69 bits per heavy atom. The second kappa shape index (κ2) is 4.45. The van der Waals surface area contributed by atoms with Crippen molar-refractivity contribution in [1.82, 2.24) is 4.90 Å². The molecule has 16 heavy (non-hydrogen) atoms. The number of aldehydes is 1. The van der Waals surface area contributed by atoms with Crippen LogP contribution in [-0.4, -0.2) is 29.7 Å². The van der Waals surface area contributed by atoms with E-state index in [1.807, 2.05) is 23.1 Å². The number of carbonyl (C=O) groups is 2. The molecule has 1 amide bonds. The standard InChI is InChI=1S/C12H14N2O2/c13-12(16)11(8-15)14-6-5-9-3-1-2-4-10(9)7-14/h1-4,8,11H,5-7H2,(H2,13,16). The molecule has 0 saturated carbocycles. The molecular formula is C12H14N2O2. The van der Waals surface area contributed by atoms with Crippen molar-refractivity contribution in [1.29, 1.82) is 0 Å². The Hall–Kier alpha value is -1.68. The van der Waals surface area contributed by atoms with E-state index in [9.17, 15) is 9.59 Å². The second-order valence-electron chi connectivity index (χ2n) is 3.97. The van der Waals surface area contributed by atoms with Gasteiger partial charge in [0, 0.05) is 13.1 Å². The number of primary amides is 1. The molecule has 0 aliphatic carbocycles. The third kappa shape index (κ3) is 1.97. The van der Waals surface area contributed by atoms with Gasteiger partial charge >= 0.3 is 0 Å². The van der Waals surface area contributed by atoms with Gasteiger partial charge in [-0.25, -0.2) is 0 Å². The summed E-state index contributed by atoms with van der Waals surface area (Å²) in [6, 6.07) is 7.26. The van der Waals surface area contributed by atoms with Crippen LogP contribution in [0.3, 0.4) is 0 Å². The maximum Gasteiger partial charge on any atom is 0.242 e. The van der Waals surface area contributed by atoms with Crippen LogP contribution in [-0.2, 0) is 22.6 Å². The minimum Gasteiger partial charge on any atom is -0.368 e. The SMILES string of the molecule is NC(=O)C(C=O)N1CCc2ccccc2C1. The summed E-state index contributed by atoms with van der Waals surface area (Å²) in [5.41, 5.74) is 7.64. The van der Waals surface area contributed by atoms with Crippen LogP contribution in [0, 0.1) is 0 Å². The van der Waals surface area contributed by atoms with Crippen LogP contribution in [0.15, 0.2) is 24.3 Å². The lowest BCUT2D eigenvalue weighted by Gasteiger charge is -2.31. The number of hydrogen-bond donors (Lipinski definition) is 1. The second-order valence-corrected chi connectivity index (χ2v) is 3.97. The van der Waals surface area contributed by atoms with Crippen LogP contribution in [0.5, 0.6) is 0 Å². The van der Waals surface area contributed by atoms with Gasteiger partial charge in [-0.3, -0.25) is 9.69 Å². The average Bonchev–Trinajstić information content (AvgIpc) is 2.29. The number of benzene rings is 1.